The van der Waals surface area contributed by atoms with Gasteiger partial charge in [-0.25, -0.2) is 0 Å². The number of likely N-dealkylation sites (tertiary alicyclic amines) is 2. The number of nitrogens with zero attached hydrogens (tertiary/aromatic N) is 4. The smallest absolute Gasteiger partial charge is 0.308 e. The monoisotopic (exact) mass is 602 g/mol. The number of hydrogen-bond donors (Lipinski definition) is 1. The third-order valence-corrected chi connectivity index (χ3v) is 8.94. The molecule has 0 spiro atoms. The number of carboxylic acid groups (broad SMARTS) is 1. The van der Waals surface area contributed by atoms with Crippen LogP contribution in [-0.4, -0.2) is 122 Å². The molecule has 4 rings (SSSR count). The molecule has 2 amide bonds. The third-order valence-electron chi connectivity index (χ3n) is 8.94. The lowest BCUT2D eigenvalue weighted by atomic mass is 9.84. The Morgan fingerprint density at radius 3 is 2.51 bits per heavy atom. The highest BCUT2D eigenvalue weighted by molar-refractivity contribution is 5.80. The number of methoxy groups -OCH3 is 1. The fourth-order valence-corrected chi connectivity index (χ4v) is 6.79. The fraction of sp³-hybridized carbons (Fsp3) is 0.719. The number of benzene rings is 1. The largest absolute Gasteiger partial charge is 0.493 e. The molecule has 0 saturated carbocycles. The van der Waals surface area contributed by atoms with E-state index in [2.05, 4.69) is 25.7 Å². The lowest BCUT2D eigenvalue weighted by Gasteiger charge is -2.31. The summed E-state index contributed by atoms with van der Waals surface area (Å²) in [6.45, 7) is 10.2. The van der Waals surface area contributed by atoms with E-state index in [1.165, 1.54) is 0 Å². The molecule has 1 aromatic carbocycles. The zero-order chi connectivity index (χ0) is 31.3. The minimum Gasteiger partial charge on any atom is -0.493 e. The maximum absolute atomic E-state index is 13.8. The van der Waals surface area contributed by atoms with Crippen molar-refractivity contribution in [2.24, 2.45) is 11.3 Å². The quantitative estimate of drug-likeness (QED) is 0.324. The average molecular weight is 603 g/mol. The van der Waals surface area contributed by atoms with Crippen LogP contribution in [0, 0.1) is 11.3 Å². The van der Waals surface area contributed by atoms with Crippen molar-refractivity contribution in [3.63, 3.8) is 0 Å². The van der Waals surface area contributed by atoms with Gasteiger partial charge < -0.3 is 34.0 Å². The first kappa shape index (κ1) is 32.9. The van der Waals surface area contributed by atoms with Gasteiger partial charge in [0, 0.05) is 51.1 Å². The lowest BCUT2D eigenvalue weighted by Crippen LogP contribution is -2.46. The summed E-state index contributed by atoms with van der Waals surface area (Å²) in [7, 11) is 5.60. The molecule has 43 heavy (non-hydrogen) atoms. The van der Waals surface area contributed by atoms with E-state index in [1.807, 2.05) is 40.9 Å². The summed E-state index contributed by atoms with van der Waals surface area (Å²) in [6, 6.07) is 3.25. The maximum Gasteiger partial charge on any atom is 0.308 e. The molecule has 2 fully saturated rings. The molecular weight excluding hydrogens is 552 g/mol. The van der Waals surface area contributed by atoms with Crippen molar-refractivity contribution in [1.29, 1.82) is 0 Å². The van der Waals surface area contributed by atoms with E-state index in [0.29, 0.717) is 62.8 Å². The van der Waals surface area contributed by atoms with Crippen LogP contribution in [-0.2, 0) is 14.4 Å². The van der Waals surface area contributed by atoms with Gasteiger partial charge in [0.1, 0.15) is 0 Å². The van der Waals surface area contributed by atoms with Crippen LogP contribution in [0.2, 0.25) is 0 Å². The van der Waals surface area contributed by atoms with Crippen LogP contribution in [0.5, 0.6) is 17.2 Å². The van der Waals surface area contributed by atoms with Gasteiger partial charge in [-0.05, 0) is 63.0 Å². The summed E-state index contributed by atoms with van der Waals surface area (Å²) in [6.07, 6.45) is 3.73. The molecule has 3 atom stereocenters. The van der Waals surface area contributed by atoms with Gasteiger partial charge in [-0.15, -0.1) is 0 Å². The summed E-state index contributed by atoms with van der Waals surface area (Å²) >= 11 is 0. The van der Waals surface area contributed by atoms with E-state index < -0.39 is 23.8 Å². The Morgan fingerprint density at radius 2 is 1.88 bits per heavy atom. The minimum absolute atomic E-state index is 0.0173. The molecule has 11 nitrogen and oxygen atoms in total. The first-order chi connectivity index (χ1) is 20.4. The highest BCUT2D eigenvalue weighted by Gasteiger charge is 2.48. The normalized spacial score (nSPS) is 22.9. The van der Waals surface area contributed by atoms with E-state index >= 15 is 0 Å². The van der Waals surface area contributed by atoms with Crippen molar-refractivity contribution >= 4 is 17.8 Å². The second-order valence-corrected chi connectivity index (χ2v) is 13.3. The molecule has 11 heteroatoms. The van der Waals surface area contributed by atoms with E-state index in [-0.39, 0.29) is 30.6 Å². The molecule has 3 aliphatic rings. The van der Waals surface area contributed by atoms with E-state index in [4.69, 9.17) is 14.2 Å². The van der Waals surface area contributed by atoms with Gasteiger partial charge in [0.15, 0.2) is 11.5 Å². The van der Waals surface area contributed by atoms with Crippen molar-refractivity contribution in [2.45, 2.75) is 64.8 Å². The summed E-state index contributed by atoms with van der Waals surface area (Å²) in [4.78, 5) is 47.5. The van der Waals surface area contributed by atoms with Crippen molar-refractivity contribution in [2.75, 3.05) is 73.8 Å². The van der Waals surface area contributed by atoms with E-state index in [9.17, 15) is 19.5 Å². The summed E-state index contributed by atoms with van der Waals surface area (Å²) in [5.41, 5.74) is 0.674. The number of rotatable bonds is 15. The van der Waals surface area contributed by atoms with Crippen LogP contribution >= 0.6 is 0 Å². The second kappa shape index (κ2) is 14.2. The summed E-state index contributed by atoms with van der Waals surface area (Å²) in [5, 5.41) is 10.6. The first-order valence-electron chi connectivity index (χ1n) is 15.6. The highest BCUT2D eigenvalue weighted by atomic mass is 16.7. The van der Waals surface area contributed by atoms with Crippen molar-refractivity contribution < 1.29 is 33.7 Å². The van der Waals surface area contributed by atoms with Crippen LogP contribution < -0.4 is 14.2 Å². The van der Waals surface area contributed by atoms with Crippen molar-refractivity contribution in [3.05, 3.63) is 17.7 Å². The number of fused-ring (bicyclic) bond motifs is 1. The van der Waals surface area contributed by atoms with Crippen molar-refractivity contribution in [3.8, 4) is 17.2 Å². The number of aliphatic carboxylic acids is 1. The number of ether oxygens (including phenoxy) is 3. The molecule has 0 aliphatic carbocycles. The molecule has 3 aliphatic heterocycles. The van der Waals surface area contributed by atoms with Gasteiger partial charge in [-0.2, -0.15) is 0 Å². The topological polar surface area (TPSA) is 112 Å². The van der Waals surface area contributed by atoms with Crippen LogP contribution in [0.1, 0.15) is 64.4 Å². The molecule has 240 valence electrons. The molecule has 3 heterocycles. The zero-order valence-corrected chi connectivity index (χ0v) is 26.8. The Bertz CT molecular complexity index is 1160. The molecule has 0 radical (unpaired) electrons. The van der Waals surface area contributed by atoms with Crippen LogP contribution in [0.4, 0.5) is 0 Å². The second-order valence-electron chi connectivity index (χ2n) is 13.3. The Morgan fingerprint density at radius 1 is 1.14 bits per heavy atom. The van der Waals surface area contributed by atoms with E-state index in [0.717, 1.165) is 31.4 Å². The Labute approximate surface area is 256 Å². The minimum atomic E-state index is -0.913. The fourth-order valence-electron chi connectivity index (χ4n) is 6.79. The summed E-state index contributed by atoms with van der Waals surface area (Å²) in [5.74, 6) is -0.436. The number of carbonyl (C=O) groups is 3. The van der Waals surface area contributed by atoms with Crippen LogP contribution in [0.25, 0.3) is 0 Å². The van der Waals surface area contributed by atoms with Gasteiger partial charge in [0.2, 0.25) is 24.4 Å². The Kier molecular flexibility index (Phi) is 10.8. The standard InChI is InChI=1S/C32H50N4O7/c1-7-8-12-34(13-9-11-33(4)5)28(38)19-36-18-23(22-15-25(41-6)30-26(16-22)42-21-43-30)29(31(39)40)24(36)10-14-35-20-32(2,3)17-27(35)37/h15-16,23-24,29H,7-14,17-21H2,1-6H3,(H,39,40)/t23-,24+,29?/m1/s1. The SMILES string of the molecule is CCCCN(CCCN(C)C)C(=O)CN1C[C@H](c2cc(OC)c3c(c2)OCO3)C(C(=O)O)[C@@H]1CCN1CC(C)(C)CC1=O. The van der Waals surface area contributed by atoms with Crippen LogP contribution in [0.3, 0.4) is 0 Å². The number of amides is 2. The number of hydrogen-bond acceptors (Lipinski definition) is 8. The zero-order valence-electron chi connectivity index (χ0n) is 26.8. The Balaban J connectivity index is 1.61. The predicted octanol–water partition coefficient (Wildman–Crippen LogP) is 3.12. The van der Waals surface area contributed by atoms with Gasteiger partial charge in [0.05, 0.1) is 19.6 Å². The van der Waals surface area contributed by atoms with Gasteiger partial charge in [0.25, 0.3) is 0 Å². The molecule has 1 N–H and O–H groups in total. The van der Waals surface area contributed by atoms with Gasteiger partial charge in [-0.3, -0.25) is 19.3 Å². The van der Waals surface area contributed by atoms with Gasteiger partial charge in [-0.1, -0.05) is 27.2 Å². The Hall–Kier alpha value is -3.05. The third kappa shape index (κ3) is 7.92. The van der Waals surface area contributed by atoms with E-state index in [1.54, 1.807) is 7.11 Å². The first-order valence-corrected chi connectivity index (χ1v) is 15.6. The molecular formula is C32H50N4O7. The molecule has 0 aromatic heterocycles. The molecule has 1 aromatic rings. The predicted molar refractivity (Wildman–Crippen MR) is 163 cm³/mol. The maximum atomic E-state index is 13.8. The number of unbranched alkanes of at least 4 members (excludes halogenated alkanes) is 1. The molecule has 2 saturated heterocycles. The highest BCUT2D eigenvalue weighted by Crippen LogP contribution is 2.47. The van der Waals surface area contributed by atoms with Crippen LogP contribution in [0.15, 0.2) is 12.1 Å². The average Bonchev–Trinajstić information content (AvgIpc) is 3.63. The molecule has 1 unspecified atom stereocenters. The number of carboxylic acids is 1. The summed E-state index contributed by atoms with van der Waals surface area (Å²) < 4.78 is 16.8. The van der Waals surface area contributed by atoms with Gasteiger partial charge >= 0.3 is 5.97 Å². The van der Waals surface area contributed by atoms with Crippen molar-refractivity contribution in [1.82, 2.24) is 19.6 Å². The number of carbonyl (C=O) groups excluding carboxylic acids is 2. The lowest BCUT2D eigenvalue weighted by molar-refractivity contribution is -0.144. The molecule has 0 bridgehead atoms.